The second-order valence-corrected chi connectivity index (χ2v) is 41.5. The maximum Gasteiger partial charge on any atom is 0.263 e. The molecule has 2 atom stereocenters. The smallest absolute Gasteiger partial charge is 0.263 e. The third kappa shape index (κ3) is 19.9. The molecule has 0 spiro atoms. The first-order valence-electron chi connectivity index (χ1n) is 52.4. The highest BCUT2D eigenvalue weighted by molar-refractivity contribution is 6.02. The van der Waals surface area contributed by atoms with Gasteiger partial charge < -0.3 is 42.0 Å². The van der Waals surface area contributed by atoms with Gasteiger partial charge in [-0.3, -0.25) is 76.2 Å². The molecule has 12 aromatic heterocycles. The molecule has 7 N–H and O–H groups in total. The Morgan fingerprint density at radius 2 is 0.576 bits per heavy atom. The maximum atomic E-state index is 13.5. The molecule has 144 heavy (non-hydrogen) atoms. The van der Waals surface area contributed by atoms with E-state index in [9.17, 15) is 38.4 Å². The summed E-state index contributed by atoms with van der Waals surface area (Å²) in [5.74, 6) is 3.55. The molecule has 36 nitrogen and oxygen atoms in total. The first-order chi connectivity index (χ1) is 70.0. The molecule has 20 heterocycles. The van der Waals surface area contributed by atoms with Gasteiger partial charge in [0.2, 0.25) is 23.8 Å². The summed E-state index contributed by atoms with van der Waals surface area (Å²) in [6.45, 7) is 28.8. The molecule has 0 radical (unpaired) electrons. The monoisotopic (exact) mass is 1950 g/mol. The van der Waals surface area contributed by atoms with E-state index in [0.717, 1.165) is 278 Å². The van der Waals surface area contributed by atoms with Crippen molar-refractivity contribution in [1.29, 1.82) is 0 Å². The van der Waals surface area contributed by atoms with Crippen molar-refractivity contribution in [1.82, 2.24) is 114 Å². The molecule has 8 fully saturated rings. The fourth-order valence-corrected chi connectivity index (χ4v) is 24.5. The number of pyridine rings is 8. The summed E-state index contributed by atoms with van der Waals surface area (Å²) < 4.78 is 12.3. The zero-order valence-corrected chi connectivity index (χ0v) is 83.9. The number of fused-ring (bicyclic) bond motifs is 8. The minimum atomic E-state index is -0.244. The Hall–Kier alpha value is -12.7. The fourth-order valence-electron chi connectivity index (χ4n) is 24.5. The van der Waals surface area contributed by atoms with Crippen LogP contribution in [-0.2, 0) is 56.6 Å². The Labute approximate surface area is 835 Å². The summed E-state index contributed by atoms with van der Waals surface area (Å²) in [5, 5.41) is 26.4. The van der Waals surface area contributed by atoms with Crippen LogP contribution < -0.4 is 59.5 Å². The van der Waals surface area contributed by atoms with Crippen LogP contribution in [0, 0.1) is 27.7 Å². The average molecular weight is 1950 g/mol. The number of ether oxygens (including phenoxy) is 1. The van der Waals surface area contributed by atoms with Gasteiger partial charge in [-0.1, -0.05) is 75.6 Å². The Morgan fingerprint density at radius 3 is 0.868 bits per heavy atom. The lowest BCUT2D eigenvalue weighted by atomic mass is 9.99. The van der Waals surface area contributed by atoms with Gasteiger partial charge in [0.05, 0.1) is 58.6 Å². The Balaban J connectivity index is 0.000000113. The predicted molar refractivity (Wildman–Crippen MR) is 554 cm³/mol. The molecule has 752 valence electrons. The van der Waals surface area contributed by atoms with Gasteiger partial charge in [-0.25, -0.2) is 39.9 Å². The number of hydrogen-bond donors (Lipinski definition) is 7. The number of nitrogens with one attached hydrogen (secondary N) is 7. The van der Waals surface area contributed by atoms with Gasteiger partial charge >= 0.3 is 0 Å². The summed E-state index contributed by atoms with van der Waals surface area (Å²) in [5.41, 5.74) is 14.5. The molecule has 4 saturated heterocycles. The molecule has 12 aliphatic rings. The number of ketones is 4. The van der Waals surface area contributed by atoms with Crippen LogP contribution in [0.4, 0.5) is 47.1 Å². The minimum Gasteiger partial charge on any atom is -0.378 e. The summed E-state index contributed by atoms with van der Waals surface area (Å²) in [4.78, 5) is 170. The first-order valence-corrected chi connectivity index (χ1v) is 52.4. The van der Waals surface area contributed by atoms with E-state index in [4.69, 9.17) is 44.6 Å². The van der Waals surface area contributed by atoms with Gasteiger partial charge in [0, 0.05) is 166 Å². The van der Waals surface area contributed by atoms with Crippen LogP contribution in [0.5, 0.6) is 0 Å². The molecule has 12 aromatic rings. The van der Waals surface area contributed by atoms with E-state index in [0.29, 0.717) is 116 Å². The standard InChI is InChI=1S/C28H35N7O2.2C27H33N7O2.C26H30N6O3/c1-17-22-15-30-28(33-26(22)35(21-5-3-4-6-21)27(37)25(17)18(2)36)32-24-8-7-19-11-14-34(16-23(19)31-24)20-9-12-29-13-10-20;1-16-21-14-29-27(32-25(21)34(19-5-3-4-6-19)26(36)24(16)17(2)35)31-23-8-7-18-15-33(12-10-22(18)30-23)20-9-11-28-13-20;1-16-21-14-29-27(32-25(21)34(19-5-3-4-6-19)26(36)24(16)17(2)35)31-23-8-7-18-10-12-33(15-22(18)30-23)20-9-11-28-13-20;1-15-20-11-27-26(30-24(20)32(18-5-3-4-6-18)25(34)23(15)16(2)33)29-22-8-7-17-9-10-31(12-21(17)28-22)19-13-35-14-19/h7-8,15,20-21,29H,3-6,9-14,16H2,1-2H3,(H,30,31,32,33);2*7-8,14,19-20,28H,3-6,9-13,15H2,1-2H3,(H,29,30,31,32);7-8,11,18-19H,3-6,9-10,12-14H2,1-2H3,(H,27,28,29,30). The Morgan fingerprint density at radius 1 is 0.306 bits per heavy atom. The highest BCUT2D eigenvalue weighted by Crippen LogP contribution is 2.40. The first kappa shape index (κ1) is 97.4. The van der Waals surface area contributed by atoms with Crippen LogP contribution in [0.3, 0.4) is 0 Å². The van der Waals surface area contributed by atoms with Crippen LogP contribution in [0.25, 0.3) is 44.1 Å². The molecule has 4 aliphatic carbocycles. The number of hydrogen-bond acceptors (Lipinski definition) is 32. The van der Waals surface area contributed by atoms with Crippen LogP contribution in [0.2, 0.25) is 0 Å². The number of aryl methyl sites for hydroxylation is 4. The molecule has 2 unspecified atom stereocenters. The normalized spacial score (nSPS) is 19.9. The number of rotatable bonds is 20. The Kier molecular flexibility index (Phi) is 28.5. The predicted octanol–water partition coefficient (Wildman–Crippen LogP) is 13.5. The highest BCUT2D eigenvalue weighted by Gasteiger charge is 2.37. The third-order valence-corrected chi connectivity index (χ3v) is 32.4. The van der Waals surface area contributed by atoms with Gasteiger partial charge in [-0.15, -0.1) is 0 Å². The molecular weight excluding hydrogens is 1820 g/mol. The average Bonchev–Trinajstić information content (AvgIpc) is 0.952. The van der Waals surface area contributed by atoms with Crippen LogP contribution in [0.15, 0.2) is 92.5 Å². The number of piperidine rings is 1. The molecule has 36 heteroatoms. The molecule has 24 rings (SSSR count). The largest absolute Gasteiger partial charge is 0.378 e. The lowest BCUT2D eigenvalue weighted by Gasteiger charge is -2.39. The van der Waals surface area contributed by atoms with Gasteiger partial charge in [0.15, 0.2) is 23.1 Å². The van der Waals surface area contributed by atoms with Crippen molar-refractivity contribution in [2.24, 2.45) is 0 Å². The summed E-state index contributed by atoms with van der Waals surface area (Å²) >= 11 is 0. The minimum absolute atomic E-state index is 0.0507. The summed E-state index contributed by atoms with van der Waals surface area (Å²) in [6, 6.07) is 19.0. The molecule has 8 aliphatic heterocycles. The van der Waals surface area contributed by atoms with Crippen LogP contribution in [-0.4, -0.2) is 224 Å². The fraction of sp³-hybridized carbons (Fsp3) is 0.519. The zero-order valence-electron chi connectivity index (χ0n) is 83.9. The molecule has 0 aromatic carbocycles. The van der Waals surface area contributed by atoms with Crippen molar-refractivity contribution in [3.63, 3.8) is 0 Å². The zero-order chi connectivity index (χ0) is 99.2. The highest BCUT2D eigenvalue weighted by atomic mass is 16.5. The molecule has 0 bridgehead atoms. The summed E-state index contributed by atoms with van der Waals surface area (Å²) in [7, 11) is 0. The maximum absolute atomic E-state index is 13.5. The lowest BCUT2D eigenvalue weighted by Crippen LogP contribution is -2.50. The van der Waals surface area contributed by atoms with E-state index in [1.165, 1.54) is 75.6 Å². The van der Waals surface area contributed by atoms with Crippen molar-refractivity contribution < 1.29 is 23.9 Å². The SMILES string of the molecule is CC(=O)c1c(C)c2cnc(Nc3ccc4c(n3)CCN(C3CCNC3)C4)nc2n(C2CCCC2)c1=O.CC(=O)c1c(C)c2cnc(Nc3ccc4c(n3)CN(C3CCNC3)CC4)nc2n(C2CCCC2)c1=O.CC(=O)c1c(C)c2cnc(Nc3ccc4c(n3)CN(C3CCNCC3)CC4)nc2n(C2CCCC2)c1=O.CC(=O)c1c(C)c2cnc(Nc3ccc4c(n3)CN(C3COC3)CC4)nc2n(C2CCCC2)c1=O. The molecule has 0 amide bonds. The van der Waals surface area contributed by atoms with Gasteiger partial charge in [0.25, 0.3) is 22.2 Å². The lowest BCUT2D eigenvalue weighted by molar-refractivity contribution is -0.0699. The van der Waals surface area contributed by atoms with Gasteiger partial charge in [-0.05, 0) is 247 Å². The second-order valence-electron chi connectivity index (χ2n) is 41.5. The second kappa shape index (κ2) is 42.2. The number of aromatic nitrogens is 16. The number of carbonyl (C=O) groups is 4. The van der Waals surface area contributed by atoms with E-state index in [1.807, 2.05) is 45.0 Å². The number of carbonyl (C=O) groups excluding carboxylic acids is 4. The van der Waals surface area contributed by atoms with Crippen molar-refractivity contribution in [2.75, 3.05) is 99.9 Å². The number of Topliss-reactive ketones (excluding diaryl/α,β-unsaturated/α-hetero) is 4. The van der Waals surface area contributed by atoms with Crippen molar-refractivity contribution in [3.05, 3.63) is 204 Å². The third-order valence-electron chi connectivity index (χ3n) is 32.4. The molecule has 4 saturated carbocycles. The van der Waals surface area contributed by atoms with Crippen LogP contribution >= 0.6 is 0 Å². The van der Waals surface area contributed by atoms with E-state index in [-0.39, 0.29) is 91.8 Å². The van der Waals surface area contributed by atoms with E-state index in [2.05, 4.69) is 101 Å². The number of anilines is 8. The van der Waals surface area contributed by atoms with Gasteiger partial charge in [-0.2, -0.15) is 19.9 Å². The van der Waals surface area contributed by atoms with Crippen molar-refractivity contribution >= 4 is 114 Å². The number of nitrogens with zero attached hydrogens (tertiary/aromatic N) is 20. The van der Waals surface area contributed by atoms with Crippen LogP contribution in [0.1, 0.15) is 289 Å². The van der Waals surface area contributed by atoms with E-state index >= 15 is 0 Å². The van der Waals surface area contributed by atoms with E-state index in [1.54, 1.807) is 50.0 Å². The quantitative estimate of drug-likeness (QED) is 0.0348. The molecular formula is C108H131N27O9. The van der Waals surface area contributed by atoms with Crippen molar-refractivity contribution in [2.45, 2.75) is 284 Å². The summed E-state index contributed by atoms with van der Waals surface area (Å²) in [6.07, 6.45) is 31.5. The Bertz CT molecular complexity index is 7250. The topological polar surface area (TPSA) is 417 Å². The van der Waals surface area contributed by atoms with Crippen molar-refractivity contribution in [3.8, 4) is 0 Å². The van der Waals surface area contributed by atoms with E-state index < -0.39 is 0 Å². The van der Waals surface area contributed by atoms with Gasteiger partial charge in [0.1, 0.15) is 45.9 Å².